The molecule has 0 saturated carbocycles. The summed E-state index contributed by atoms with van der Waals surface area (Å²) in [4.78, 5) is 0. The molecule has 0 bridgehead atoms. The van der Waals surface area contributed by atoms with Crippen LogP contribution < -0.4 is 5.32 Å². The van der Waals surface area contributed by atoms with Crippen LogP contribution in [0.25, 0.3) is 0 Å². The van der Waals surface area contributed by atoms with Crippen molar-refractivity contribution in [3.63, 3.8) is 0 Å². The third-order valence-electron chi connectivity index (χ3n) is 1.21. The Morgan fingerprint density at radius 3 is 2.92 bits per heavy atom. The van der Waals surface area contributed by atoms with Crippen molar-refractivity contribution in [1.82, 2.24) is 5.32 Å². The van der Waals surface area contributed by atoms with Gasteiger partial charge < -0.3 is 20.3 Å². The van der Waals surface area contributed by atoms with E-state index < -0.39 is 6.10 Å². The molecular formula is C8H17NO3. The van der Waals surface area contributed by atoms with E-state index in [0.29, 0.717) is 26.3 Å². The van der Waals surface area contributed by atoms with Gasteiger partial charge in [0.05, 0.1) is 25.9 Å². The van der Waals surface area contributed by atoms with E-state index in [4.69, 9.17) is 9.84 Å². The van der Waals surface area contributed by atoms with Gasteiger partial charge in [-0.25, -0.2) is 0 Å². The molecule has 1 atom stereocenters. The smallest absolute Gasteiger partial charge is 0.0897 e. The first-order valence-corrected chi connectivity index (χ1v) is 3.99. The Hall–Kier alpha value is -0.420. The molecule has 0 aliphatic heterocycles. The number of aliphatic hydroxyl groups is 2. The molecule has 4 heteroatoms. The number of rotatable bonds is 8. The minimum atomic E-state index is -0.517. The van der Waals surface area contributed by atoms with Gasteiger partial charge >= 0.3 is 0 Å². The van der Waals surface area contributed by atoms with Gasteiger partial charge in [-0.2, -0.15) is 0 Å². The van der Waals surface area contributed by atoms with Gasteiger partial charge in [0.2, 0.25) is 0 Å². The fourth-order valence-corrected chi connectivity index (χ4v) is 0.694. The molecule has 0 aliphatic rings. The van der Waals surface area contributed by atoms with Gasteiger partial charge in [-0.15, -0.1) is 6.58 Å². The lowest BCUT2D eigenvalue weighted by atomic mass is 10.4. The Morgan fingerprint density at radius 2 is 2.33 bits per heavy atom. The molecule has 0 aromatic carbocycles. The Labute approximate surface area is 72.9 Å². The maximum atomic E-state index is 9.20. The van der Waals surface area contributed by atoms with Gasteiger partial charge in [0.25, 0.3) is 0 Å². The van der Waals surface area contributed by atoms with Crippen LogP contribution in [0.2, 0.25) is 0 Å². The van der Waals surface area contributed by atoms with Crippen molar-refractivity contribution in [1.29, 1.82) is 0 Å². The molecule has 1 unspecified atom stereocenters. The van der Waals surface area contributed by atoms with Gasteiger partial charge in [0.15, 0.2) is 0 Å². The highest BCUT2D eigenvalue weighted by atomic mass is 16.5. The zero-order chi connectivity index (χ0) is 9.23. The summed E-state index contributed by atoms with van der Waals surface area (Å²) >= 11 is 0. The van der Waals surface area contributed by atoms with Gasteiger partial charge in [0.1, 0.15) is 0 Å². The van der Waals surface area contributed by atoms with Crippen molar-refractivity contribution in [2.75, 3.05) is 32.9 Å². The molecule has 4 nitrogen and oxygen atoms in total. The average molecular weight is 175 g/mol. The van der Waals surface area contributed by atoms with E-state index in [1.807, 2.05) is 0 Å². The topological polar surface area (TPSA) is 61.7 Å². The summed E-state index contributed by atoms with van der Waals surface area (Å²) < 4.78 is 5.00. The second kappa shape index (κ2) is 8.67. The molecule has 12 heavy (non-hydrogen) atoms. The fourth-order valence-electron chi connectivity index (χ4n) is 0.694. The predicted molar refractivity (Wildman–Crippen MR) is 47.0 cm³/mol. The summed E-state index contributed by atoms with van der Waals surface area (Å²) in [5.74, 6) is 0. The number of nitrogens with one attached hydrogen (secondary N) is 1. The van der Waals surface area contributed by atoms with Gasteiger partial charge in [-0.3, -0.25) is 0 Å². The van der Waals surface area contributed by atoms with Gasteiger partial charge in [-0.05, 0) is 0 Å². The van der Waals surface area contributed by atoms with E-state index in [1.165, 1.54) is 0 Å². The maximum Gasteiger partial charge on any atom is 0.0897 e. The van der Waals surface area contributed by atoms with E-state index in [2.05, 4.69) is 11.9 Å². The molecule has 3 N–H and O–H groups in total. The van der Waals surface area contributed by atoms with E-state index in [1.54, 1.807) is 6.08 Å². The lowest BCUT2D eigenvalue weighted by Crippen LogP contribution is -2.32. The first-order valence-electron chi connectivity index (χ1n) is 3.99. The third-order valence-corrected chi connectivity index (χ3v) is 1.21. The Morgan fingerprint density at radius 1 is 1.58 bits per heavy atom. The van der Waals surface area contributed by atoms with Gasteiger partial charge in [0, 0.05) is 13.1 Å². The van der Waals surface area contributed by atoms with Crippen LogP contribution >= 0.6 is 0 Å². The van der Waals surface area contributed by atoms with Crippen LogP contribution in [0.4, 0.5) is 0 Å². The van der Waals surface area contributed by atoms with Crippen LogP contribution in [0.3, 0.4) is 0 Å². The monoisotopic (exact) mass is 175 g/mol. The summed E-state index contributed by atoms with van der Waals surface area (Å²) in [5.41, 5.74) is 0. The van der Waals surface area contributed by atoms with Crippen molar-refractivity contribution >= 4 is 0 Å². The molecule has 0 heterocycles. The van der Waals surface area contributed by atoms with E-state index in [0.717, 1.165) is 0 Å². The van der Waals surface area contributed by atoms with Crippen LogP contribution in [-0.4, -0.2) is 49.2 Å². The average Bonchev–Trinajstić information content (AvgIpc) is 2.06. The first kappa shape index (κ1) is 11.6. The standard InChI is InChI=1S/C8H17NO3/c1-2-5-12-7-8(11)6-9-3-4-10/h2,8-11H,1,3-7H2. The van der Waals surface area contributed by atoms with Crippen molar-refractivity contribution in [3.8, 4) is 0 Å². The minimum absolute atomic E-state index is 0.0836. The largest absolute Gasteiger partial charge is 0.395 e. The van der Waals surface area contributed by atoms with Crippen molar-refractivity contribution in [3.05, 3.63) is 12.7 Å². The van der Waals surface area contributed by atoms with Gasteiger partial charge in [-0.1, -0.05) is 6.08 Å². The second-order valence-electron chi connectivity index (χ2n) is 2.41. The molecular weight excluding hydrogens is 158 g/mol. The summed E-state index contributed by atoms with van der Waals surface area (Å²) in [6.45, 7) is 5.25. The summed E-state index contributed by atoms with van der Waals surface area (Å²) in [6, 6.07) is 0. The number of hydrogen-bond donors (Lipinski definition) is 3. The van der Waals surface area contributed by atoms with Crippen LogP contribution in [0.1, 0.15) is 0 Å². The molecule has 0 radical (unpaired) electrons. The highest BCUT2D eigenvalue weighted by Crippen LogP contribution is 1.83. The Balaban J connectivity index is 3.09. The molecule has 0 amide bonds. The Bertz CT molecular complexity index is 108. The van der Waals surface area contributed by atoms with E-state index in [-0.39, 0.29) is 6.61 Å². The fraction of sp³-hybridized carbons (Fsp3) is 0.750. The van der Waals surface area contributed by atoms with Crippen molar-refractivity contribution < 1.29 is 14.9 Å². The lowest BCUT2D eigenvalue weighted by Gasteiger charge is -2.10. The molecule has 0 aromatic rings. The molecule has 0 saturated heterocycles. The van der Waals surface area contributed by atoms with Crippen LogP contribution in [0.5, 0.6) is 0 Å². The predicted octanol–water partition coefficient (Wildman–Crippen LogP) is -0.868. The molecule has 72 valence electrons. The third kappa shape index (κ3) is 7.68. The highest BCUT2D eigenvalue weighted by Gasteiger charge is 2.01. The highest BCUT2D eigenvalue weighted by molar-refractivity contribution is 4.65. The molecule has 0 spiro atoms. The number of aliphatic hydroxyl groups excluding tert-OH is 2. The molecule has 0 aliphatic carbocycles. The van der Waals surface area contributed by atoms with E-state index in [9.17, 15) is 5.11 Å². The van der Waals surface area contributed by atoms with Crippen molar-refractivity contribution in [2.45, 2.75) is 6.10 Å². The second-order valence-corrected chi connectivity index (χ2v) is 2.41. The van der Waals surface area contributed by atoms with E-state index >= 15 is 0 Å². The Kier molecular flexibility index (Phi) is 8.37. The molecule has 0 fully saturated rings. The SMILES string of the molecule is C=CCOCC(O)CNCCO. The maximum absolute atomic E-state index is 9.20. The molecule has 0 rings (SSSR count). The zero-order valence-corrected chi connectivity index (χ0v) is 7.20. The van der Waals surface area contributed by atoms with Crippen LogP contribution in [0.15, 0.2) is 12.7 Å². The first-order chi connectivity index (χ1) is 5.81. The summed E-state index contributed by atoms with van der Waals surface area (Å²) in [7, 11) is 0. The lowest BCUT2D eigenvalue weighted by molar-refractivity contribution is 0.0490. The number of hydrogen-bond acceptors (Lipinski definition) is 4. The minimum Gasteiger partial charge on any atom is -0.395 e. The normalized spacial score (nSPS) is 12.8. The zero-order valence-electron chi connectivity index (χ0n) is 7.20. The quantitative estimate of drug-likeness (QED) is 0.331. The molecule has 0 aromatic heterocycles. The summed E-state index contributed by atoms with van der Waals surface area (Å²) in [5, 5.41) is 20.5. The van der Waals surface area contributed by atoms with Crippen molar-refractivity contribution in [2.24, 2.45) is 0 Å². The van der Waals surface area contributed by atoms with Crippen LogP contribution in [-0.2, 0) is 4.74 Å². The summed E-state index contributed by atoms with van der Waals surface area (Å²) in [6.07, 6.45) is 1.12. The number of ether oxygens (including phenoxy) is 1. The van der Waals surface area contributed by atoms with Crippen LogP contribution in [0, 0.1) is 0 Å².